The second-order valence-electron chi connectivity index (χ2n) is 4.29. The Labute approximate surface area is 119 Å². The summed E-state index contributed by atoms with van der Waals surface area (Å²) in [5, 5.41) is 18.7. The molecule has 1 aliphatic rings. The third-order valence-corrected chi connectivity index (χ3v) is 2.87. The van der Waals surface area contributed by atoms with Crippen molar-refractivity contribution in [3.05, 3.63) is 45.2 Å². The molecule has 1 atom stereocenters. The molecule has 1 aliphatic heterocycles. The van der Waals surface area contributed by atoms with E-state index in [-0.39, 0.29) is 22.2 Å². The average molecular weight is 296 g/mol. The number of ketones is 1. The van der Waals surface area contributed by atoms with Crippen LogP contribution in [0.15, 0.2) is 40.3 Å². The largest absolute Gasteiger partial charge is 0.462 e. The molecular weight excluding hydrogens is 286 g/mol. The predicted molar refractivity (Wildman–Crippen MR) is 70.9 cm³/mol. The number of azo groups is 1. The van der Waals surface area contributed by atoms with Crippen LogP contribution in [0.2, 0.25) is 5.02 Å². The van der Waals surface area contributed by atoms with Gasteiger partial charge in [0, 0.05) is 24.1 Å². The lowest BCUT2D eigenvalue weighted by Crippen LogP contribution is -2.29. The highest BCUT2D eigenvalue weighted by molar-refractivity contribution is 6.30. The van der Waals surface area contributed by atoms with Gasteiger partial charge in [0.1, 0.15) is 5.76 Å². The lowest BCUT2D eigenvalue weighted by Gasteiger charge is -2.16. The molecule has 0 aliphatic carbocycles. The summed E-state index contributed by atoms with van der Waals surface area (Å²) in [6, 6.07) is 3.97. The Morgan fingerprint density at radius 2 is 2.15 bits per heavy atom. The number of nitro groups is 1. The first-order chi connectivity index (χ1) is 9.32. The fraction of sp³-hybridized carbons (Fsp3) is 0.250. The number of hydrogen-bond donors (Lipinski definition) is 0. The molecule has 1 unspecified atom stereocenters. The first-order valence-corrected chi connectivity index (χ1v) is 5.98. The molecule has 0 fully saturated rings. The number of carbonyl (C=O) groups is 1. The Hall–Kier alpha value is -2.28. The fourth-order valence-corrected chi connectivity index (χ4v) is 1.82. The van der Waals surface area contributed by atoms with E-state index in [1.165, 1.54) is 31.2 Å². The fourth-order valence-electron chi connectivity index (χ4n) is 1.66. The number of rotatable bonds is 3. The van der Waals surface area contributed by atoms with E-state index >= 15 is 0 Å². The van der Waals surface area contributed by atoms with E-state index < -0.39 is 10.6 Å². The summed E-state index contributed by atoms with van der Waals surface area (Å²) in [5.41, 5.74) is -1.76. The Kier molecular flexibility index (Phi) is 3.54. The van der Waals surface area contributed by atoms with Crippen LogP contribution in [0.3, 0.4) is 0 Å². The molecule has 7 nitrogen and oxygen atoms in total. The Balaban J connectivity index is 2.33. The topological polar surface area (TPSA) is 94.2 Å². The van der Waals surface area contributed by atoms with Gasteiger partial charge in [0.05, 0.1) is 4.92 Å². The molecule has 0 aromatic heterocycles. The molecule has 2 rings (SSSR count). The smallest absolute Gasteiger partial charge is 0.298 e. The third kappa shape index (κ3) is 2.67. The van der Waals surface area contributed by atoms with Crippen LogP contribution in [0.5, 0.6) is 0 Å². The van der Waals surface area contributed by atoms with Gasteiger partial charge in [-0.25, -0.2) is 0 Å². The van der Waals surface area contributed by atoms with E-state index in [0.717, 1.165) is 0 Å². The summed E-state index contributed by atoms with van der Waals surface area (Å²) in [6.07, 6.45) is 1.30. The van der Waals surface area contributed by atoms with E-state index in [4.69, 9.17) is 16.3 Å². The van der Waals surface area contributed by atoms with Crippen molar-refractivity contribution < 1.29 is 14.5 Å². The molecule has 0 saturated carbocycles. The number of nitrogens with zero attached hydrogens (tertiary/aromatic N) is 3. The van der Waals surface area contributed by atoms with E-state index in [9.17, 15) is 14.9 Å². The molecule has 0 N–H and O–H groups in total. The zero-order valence-corrected chi connectivity index (χ0v) is 11.4. The van der Waals surface area contributed by atoms with Crippen molar-refractivity contribution in [2.45, 2.75) is 19.6 Å². The normalized spacial score (nSPS) is 21.9. The molecule has 0 radical (unpaired) electrons. The van der Waals surface area contributed by atoms with E-state index in [1.54, 1.807) is 6.92 Å². The molecule has 8 heteroatoms. The van der Waals surface area contributed by atoms with Crippen molar-refractivity contribution in [1.82, 2.24) is 0 Å². The van der Waals surface area contributed by atoms with Gasteiger partial charge in [-0.1, -0.05) is 11.6 Å². The van der Waals surface area contributed by atoms with Crippen LogP contribution in [0.4, 0.5) is 11.4 Å². The molecule has 0 saturated heterocycles. The van der Waals surface area contributed by atoms with Crippen LogP contribution in [0, 0.1) is 10.1 Å². The van der Waals surface area contributed by atoms with Gasteiger partial charge < -0.3 is 4.74 Å². The van der Waals surface area contributed by atoms with Gasteiger partial charge >= 0.3 is 0 Å². The highest BCUT2D eigenvalue weighted by Crippen LogP contribution is 2.33. The minimum absolute atomic E-state index is 0.00146. The Morgan fingerprint density at radius 1 is 1.45 bits per heavy atom. The first-order valence-electron chi connectivity index (χ1n) is 5.60. The van der Waals surface area contributed by atoms with E-state index in [2.05, 4.69) is 10.2 Å². The van der Waals surface area contributed by atoms with Gasteiger partial charge in [-0.15, -0.1) is 10.2 Å². The highest BCUT2D eigenvalue weighted by Gasteiger charge is 2.39. The number of hydrogen-bond acceptors (Lipinski definition) is 6. The third-order valence-electron chi connectivity index (χ3n) is 2.63. The van der Waals surface area contributed by atoms with Crippen LogP contribution in [-0.4, -0.2) is 16.4 Å². The van der Waals surface area contributed by atoms with Crippen molar-refractivity contribution in [2.75, 3.05) is 0 Å². The summed E-state index contributed by atoms with van der Waals surface area (Å²) in [5.74, 6) is 0.0532. The summed E-state index contributed by atoms with van der Waals surface area (Å²) in [6.45, 7) is 3.05. The van der Waals surface area contributed by atoms with Gasteiger partial charge in [-0.2, -0.15) is 0 Å². The van der Waals surface area contributed by atoms with Crippen LogP contribution >= 0.6 is 11.6 Å². The molecule has 20 heavy (non-hydrogen) atoms. The second kappa shape index (κ2) is 5.01. The van der Waals surface area contributed by atoms with Gasteiger partial charge in [-0.3, -0.25) is 14.9 Å². The second-order valence-corrected chi connectivity index (χ2v) is 4.73. The lowest BCUT2D eigenvalue weighted by molar-refractivity contribution is -0.384. The molecular formula is C12H10ClN3O4. The van der Waals surface area contributed by atoms with Crippen molar-refractivity contribution in [3.63, 3.8) is 0 Å². The SMILES string of the molecule is CC1=CC(=O)C(C)(N=Nc2ccc(Cl)cc2[N+](=O)[O-])O1. The Morgan fingerprint density at radius 3 is 2.70 bits per heavy atom. The van der Waals surface area contributed by atoms with Crippen LogP contribution < -0.4 is 0 Å². The predicted octanol–water partition coefficient (Wildman–Crippen LogP) is 3.55. The van der Waals surface area contributed by atoms with Gasteiger partial charge in [0.25, 0.3) is 11.4 Å². The quantitative estimate of drug-likeness (QED) is 0.484. The summed E-state index contributed by atoms with van der Waals surface area (Å²) in [4.78, 5) is 22.0. The van der Waals surface area contributed by atoms with Gasteiger partial charge in [0.2, 0.25) is 5.78 Å². The number of nitro benzene ring substituents is 1. The van der Waals surface area contributed by atoms with Crippen LogP contribution in [0.25, 0.3) is 0 Å². The standard InChI is InChI=1S/C12H10ClN3O4/c1-7-5-11(17)12(2,20-7)15-14-9-4-3-8(13)6-10(9)16(18)19/h3-6H,1-2H3. The van der Waals surface area contributed by atoms with Crippen molar-refractivity contribution in [3.8, 4) is 0 Å². The maximum Gasteiger partial charge on any atom is 0.298 e. The molecule has 104 valence electrons. The number of benzene rings is 1. The zero-order valence-electron chi connectivity index (χ0n) is 10.7. The molecule has 0 spiro atoms. The zero-order chi connectivity index (χ0) is 14.9. The van der Waals surface area contributed by atoms with Crippen molar-refractivity contribution in [1.29, 1.82) is 0 Å². The van der Waals surface area contributed by atoms with Crippen LogP contribution in [-0.2, 0) is 9.53 Å². The molecule has 0 amide bonds. The van der Waals surface area contributed by atoms with E-state index in [0.29, 0.717) is 5.76 Å². The number of ether oxygens (including phenoxy) is 1. The van der Waals surface area contributed by atoms with Crippen LogP contribution in [0.1, 0.15) is 13.8 Å². The lowest BCUT2D eigenvalue weighted by atomic mass is 10.2. The number of allylic oxidation sites excluding steroid dienone is 1. The summed E-state index contributed by atoms with van der Waals surface area (Å²) < 4.78 is 5.26. The molecule has 1 heterocycles. The molecule has 1 aromatic carbocycles. The van der Waals surface area contributed by atoms with E-state index in [1.807, 2.05) is 0 Å². The van der Waals surface area contributed by atoms with Gasteiger partial charge in [0.15, 0.2) is 5.69 Å². The molecule has 0 bridgehead atoms. The number of halogens is 1. The van der Waals surface area contributed by atoms with Gasteiger partial charge in [-0.05, 0) is 19.1 Å². The summed E-state index contributed by atoms with van der Waals surface area (Å²) in [7, 11) is 0. The Bertz CT molecular complexity index is 656. The number of carbonyl (C=O) groups excluding carboxylic acids is 1. The minimum Gasteiger partial charge on any atom is -0.462 e. The summed E-state index contributed by atoms with van der Waals surface area (Å²) >= 11 is 5.69. The minimum atomic E-state index is -1.47. The first kappa shape index (κ1) is 14.1. The average Bonchev–Trinajstić information content (AvgIpc) is 2.61. The van der Waals surface area contributed by atoms with Crippen molar-refractivity contribution in [2.24, 2.45) is 10.2 Å². The highest BCUT2D eigenvalue weighted by atomic mass is 35.5. The molecule has 1 aromatic rings. The maximum atomic E-state index is 11.7. The van der Waals surface area contributed by atoms with Crippen molar-refractivity contribution >= 4 is 28.8 Å². The maximum absolute atomic E-state index is 11.7. The monoisotopic (exact) mass is 295 g/mol.